The van der Waals surface area contributed by atoms with Crippen molar-refractivity contribution >= 4 is 11.7 Å². The van der Waals surface area contributed by atoms with Gasteiger partial charge in [-0.25, -0.2) is 19.4 Å². The molecule has 0 radical (unpaired) electrons. The van der Waals surface area contributed by atoms with Crippen LogP contribution in [0.5, 0.6) is 0 Å². The van der Waals surface area contributed by atoms with Crippen LogP contribution in [-0.4, -0.2) is 45.0 Å². The Morgan fingerprint density at radius 3 is 2.96 bits per heavy atom. The second-order valence-electron chi connectivity index (χ2n) is 6.30. The second-order valence-corrected chi connectivity index (χ2v) is 6.30. The lowest BCUT2D eigenvalue weighted by atomic mass is 9.88. The number of carbonyl (C=O) groups excluding carboxylic acids is 1. The highest BCUT2D eigenvalue weighted by Gasteiger charge is 2.21. The molecule has 0 spiro atoms. The maximum atomic E-state index is 11.9. The monoisotopic (exact) mass is 344 g/mol. The molecule has 2 aromatic heterocycles. The number of hydrogen-bond donors (Lipinski definition) is 2. The van der Waals surface area contributed by atoms with Gasteiger partial charge in [-0.15, -0.1) is 0 Å². The summed E-state index contributed by atoms with van der Waals surface area (Å²) in [5.74, 6) is 1.25. The zero-order chi connectivity index (χ0) is 17.5. The van der Waals surface area contributed by atoms with Crippen molar-refractivity contribution < 1.29 is 9.53 Å². The molecule has 0 aliphatic heterocycles. The van der Waals surface area contributed by atoms with Gasteiger partial charge in [-0.05, 0) is 30.9 Å². The van der Waals surface area contributed by atoms with Gasteiger partial charge in [-0.2, -0.15) is 5.10 Å². The fourth-order valence-corrected chi connectivity index (χ4v) is 3.00. The number of amides is 2. The van der Waals surface area contributed by atoms with Crippen molar-refractivity contribution in [2.45, 2.75) is 38.7 Å². The van der Waals surface area contributed by atoms with E-state index in [1.165, 1.54) is 25.6 Å². The van der Waals surface area contributed by atoms with Crippen molar-refractivity contribution in [2.24, 2.45) is 5.92 Å². The number of pyridine rings is 1. The van der Waals surface area contributed by atoms with Crippen LogP contribution in [0.15, 0.2) is 31.0 Å². The summed E-state index contributed by atoms with van der Waals surface area (Å²) in [5, 5.41) is 9.55. The van der Waals surface area contributed by atoms with Crippen LogP contribution < -0.4 is 10.6 Å². The minimum atomic E-state index is -0.268. The molecule has 1 saturated carbocycles. The quantitative estimate of drug-likeness (QED) is 0.785. The van der Waals surface area contributed by atoms with Gasteiger partial charge in [0.2, 0.25) is 0 Å². The summed E-state index contributed by atoms with van der Waals surface area (Å²) in [6, 6.07) is 3.26. The van der Waals surface area contributed by atoms with Crippen molar-refractivity contribution in [3.05, 3.63) is 31.0 Å². The third-order valence-electron chi connectivity index (χ3n) is 4.41. The number of aromatic nitrogens is 4. The molecule has 0 aromatic carbocycles. The summed E-state index contributed by atoms with van der Waals surface area (Å²) in [4.78, 5) is 20.0. The first-order valence-corrected chi connectivity index (χ1v) is 8.70. The standard InChI is InChI=1S/C17H24N6O2/c1-13-4-2-3-5-15(13)25-9-8-19-17(24)22-14-6-7-16(20-10-14)23-12-18-11-21-23/h6-7,10-13,15H,2-5,8-9H2,1H3,(H2,19,22,24)/t13-,15-/m1/s1. The molecular formula is C17H24N6O2. The van der Waals surface area contributed by atoms with Crippen LogP contribution in [-0.2, 0) is 4.74 Å². The minimum Gasteiger partial charge on any atom is -0.376 e. The van der Waals surface area contributed by atoms with E-state index in [1.54, 1.807) is 29.3 Å². The first kappa shape index (κ1) is 17.3. The van der Waals surface area contributed by atoms with E-state index in [0.717, 1.165) is 6.42 Å². The number of rotatable bonds is 6. The van der Waals surface area contributed by atoms with Crippen molar-refractivity contribution in [3.8, 4) is 5.82 Å². The molecule has 2 atom stereocenters. The van der Waals surface area contributed by atoms with Crippen LogP contribution in [0.3, 0.4) is 0 Å². The maximum absolute atomic E-state index is 11.9. The van der Waals surface area contributed by atoms with E-state index in [9.17, 15) is 4.79 Å². The highest BCUT2D eigenvalue weighted by molar-refractivity contribution is 5.89. The molecule has 3 rings (SSSR count). The van der Waals surface area contributed by atoms with Crippen molar-refractivity contribution in [1.29, 1.82) is 0 Å². The molecule has 0 bridgehead atoms. The fraction of sp³-hybridized carbons (Fsp3) is 0.529. The average Bonchev–Trinajstić information content (AvgIpc) is 3.15. The van der Waals surface area contributed by atoms with Gasteiger partial charge in [0.15, 0.2) is 5.82 Å². The largest absolute Gasteiger partial charge is 0.376 e. The van der Waals surface area contributed by atoms with Crippen LogP contribution in [0.25, 0.3) is 5.82 Å². The predicted octanol–water partition coefficient (Wildman–Crippen LogP) is 2.38. The highest BCUT2D eigenvalue weighted by Crippen LogP contribution is 2.25. The maximum Gasteiger partial charge on any atom is 0.319 e. The molecule has 1 fully saturated rings. The lowest BCUT2D eigenvalue weighted by molar-refractivity contribution is -0.00232. The highest BCUT2D eigenvalue weighted by atomic mass is 16.5. The van der Waals surface area contributed by atoms with Gasteiger partial charge in [0.25, 0.3) is 0 Å². The van der Waals surface area contributed by atoms with Gasteiger partial charge in [0.1, 0.15) is 12.7 Å². The van der Waals surface area contributed by atoms with Gasteiger partial charge in [0, 0.05) is 6.54 Å². The summed E-state index contributed by atoms with van der Waals surface area (Å²) in [5.41, 5.74) is 0.614. The molecule has 2 amide bonds. The molecule has 134 valence electrons. The Morgan fingerprint density at radius 1 is 1.36 bits per heavy atom. The van der Waals surface area contributed by atoms with Gasteiger partial charge in [-0.1, -0.05) is 19.8 Å². The van der Waals surface area contributed by atoms with Gasteiger partial charge >= 0.3 is 6.03 Å². The number of anilines is 1. The zero-order valence-electron chi connectivity index (χ0n) is 14.4. The number of ether oxygens (including phenoxy) is 1. The van der Waals surface area contributed by atoms with E-state index in [1.807, 2.05) is 0 Å². The van der Waals surface area contributed by atoms with E-state index < -0.39 is 0 Å². The van der Waals surface area contributed by atoms with E-state index in [0.29, 0.717) is 36.7 Å². The molecule has 2 heterocycles. The van der Waals surface area contributed by atoms with Crippen molar-refractivity contribution in [2.75, 3.05) is 18.5 Å². The Hall–Kier alpha value is -2.48. The summed E-state index contributed by atoms with van der Waals surface area (Å²) >= 11 is 0. The lowest BCUT2D eigenvalue weighted by Crippen LogP contribution is -2.34. The molecule has 0 saturated heterocycles. The Balaban J connectivity index is 1.37. The molecule has 8 nitrogen and oxygen atoms in total. The SMILES string of the molecule is C[C@@H]1CCCC[C@H]1OCCNC(=O)Nc1ccc(-n2cncn2)nc1. The topological polar surface area (TPSA) is 94.0 Å². The molecule has 0 unspecified atom stereocenters. The van der Waals surface area contributed by atoms with E-state index in [2.05, 4.69) is 32.6 Å². The first-order chi connectivity index (χ1) is 12.2. The summed E-state index contributed by atoms with van der Waals surface area (Å²) in [7, 11) is 0. The Bertz CT molecular complexity index is 658. The molecule has 2 N–H and O–H groups in total. The summed E-state index contributed by atoms with van der Waals surface area (Å²) < 4.78 is 7.43. The van der Waals surface area contributed by atoms with Crippen molar-refractivity contribution in [3.63, 3.8) is 0 Å². The molecule has 25 heavy (non-hydrogen) atoms. The molecular weight excluding hydrogens is 320 g/mol. The van der Waals surface area contributed by atoms with Crippen molar-refractivity contribution in [1.82, 2.24) is 25.1 Å². The van der Waals surface area contributed by atoms with Crippen LogP contribution in [0.1, 0.15) is 32.6 Å². The van der Waals surface area contributed by atoms with E-state index >= 15 is 0 Å². The molecule has 1 aliphatic carbocycles. The van der Waals surface area contributed by atoms with E-state index in [4.69, 9.17) is 4.74 Å². The second kappa shape index (κ2) is 8.57. The number of nitrogens with zero attached hydrogens (tertiary/aromatic N) is 4. The molecule has 8 heteroatoms. The van der Waals surface area contributed by atoms with E-state index in [-0.39, 0.29) is 6.03 Å². The lowest BCUT2D eigenvalue weighted by Gasteiger charge is -2.28. The Labute approximate surface area is 147 Å². The minimum absolute atomic E-state index is 0.268. The zero-order valence-corrected chi connectivity index (χ0v) is 14.4. The number of urea groups is 1. The number of hydrogen-bond acceptors (Lipinski definition) is 5. The smallest absolute Gasteiger partial charge is 0.319 e. The predicted molar refractivity (Wildman–Crippen MR) is 93.5 cm³/mol. The Kier molecular flexibility index (Phi) is 5.95. The fourth-order valence-electron chi connectivity index (χ4n) is 3.00. The van der Waals surface area contributed by atoms with Crippen LogP contribution >= 0.6 is 0 Å². The first-order valence-electron chi connectivity index (χ1n) is 8.70. The molecule has 2 aromatic rings. The van der Waals surface area contributed by atoms with Gasteiger partial charge in [0.05, 0.1) is 24.6 Å². The third kappa shape index (κ3) is 4.99. The van der Waals surface area contributed by atoms with Gasteiger partial charge < -0.3 is 15.4 Å². The Morgan fingerprint density at radius 2 is 2.24 bits per heavy atom. The average molecular weight is 344 g/mol. The normalized spacial score (nSPS) is 20.2. The summed E-state index contributed by atoms with van der Waals surface area (Å²) in [6.07, 6.45) is 9.80. The van der Waals surface area contributed by atoms with Crippen LogP contribution in [0, 0.1) is 5.92 Å². The van der Waals surface area contributed by atoms with Crippen LogP contribution in [0.2, 0.25) is 0 Å². The number of carbonyl (C=O) groups is 1. The summed E-state index contributed by atoms with van der Waals surface area (Å²) in [6.45, 7) is 3.26. The molecule has 1 aliphatic rings. The van der Waals surface area contributed by atoms with Crippen LogP contribution in [0.4, 0.5) is 10.5 Å². The van der Waals surface area contributed by atoms with Gasteiger partial charge in [-0.3, -0.25) is 0 Å². The number of nitrogens with one attached hydrogen (secondary N) is 2. The third-order valence-corrected chi connectivity index (χ3v) is 4.41.